The summed E-state index contributed by atoms with van der Waals surface area (Å²) < 4.78 is 2.08. The lowest BCUT2D eigenvalue weighted by molar-refractivity contribution is 0.173. The summed E-state index contributed by atoms with van der Waals surface area (Å²) in [5.41, 5.74) is 8.40. The highest BCUT2D eigenvalue weighted by molar-refractivity contribution is 5.64. The third kappa shape index (κ3) is 3.68. The Kier molecular flexibility index (Phi) is 5.39. The molecule has 0 bridgehead atoms. The van der Waals surface area contributed by atoms with Gasteiger partial charge in [0.1, 0.15) is 5.69 Å². The summed E-state index contributed by atoms with van der Waals surface area (Å²) in [6.45, 7) is 6.24. The molecule has 31 heavy (non-hydrogen) atoms. The van der Waals surface area contributed by atoms with E-state index in [-0.39, 0.29) is 6.04 Å². The zero-order chi connectivity index (χ0) is 21.2. The first-order chi connectivity index (χ1) is 15.3. The molecule has 4 nitrogen and oxygen atoms in total. The van der Waals surface area contributed by atoms with Gasteiger partial charge in [0.2, 0.25) is 0 Å². The fourth-order valence-corrected chi connectivity index (χ4v) is 4.66. The molecule has 4 aromatic rings. The summed E-state index contributed by atoms with van der Waals surface area (Å²) in [4.78, 5) is 2.57. The first-order valence-electron chi connectivity index (χ1n) is 11.2. The second-order valence-electron chi connectivity index (χ2n) is 8.23. The Balaban J connectivity index is 1.66. The Morgan fingerprint density at radius 1 is 0.839 bits per heavy atom. The van der Waals surface area contributed by atoms with Crippen LogP contribution in [0.4, 0.5) is 0 Å². The Hall–Kier alpha value is -3.24. The van der Waals surface area contributed by atoms with Gasteiger partial charge in [-0.25, -0.2) is 4.68 Å². The number of aryl methyl sites for hydroxylation is 1. The lowest BCUT2D eigenvalue weighted by atomic mass is 10.0. The van der Waals surface area contributed by atoms with Crippen LogP contribution in [0.1, 0.15) is 48.7 Å². The minimum atomic E-state index is 0.225. The van der Waals surface area contributed by atoms with E-state index in [0.29, 0.717) is 0 Å². The maximum Gasteiger partial charge on any atom is 0.118 e. The highest BCUT2D eigenvalue weighted by Gasteiger charge is 2.32. The maximum atomic E-state index is 4.69. The molecule has 1 unspecified atom stereocenters. The lowest BCUT2D eigenvalue weighted by Crippen LogP contribution is -2.27. The van der Waals surface area contributed by atoms with Gasteiger partial charge in [0.05, 0.1) is 17.4 Å². The Morgan fingerprint density at radius 3 is 2.32 bits per heavy atom. The normalized spacial score (nSPS) is 15.9. The van der Waals surface area contributed by atoms with Crippen molar-refractivity contribution in [3.05, 3.63) is 101 Å². The van der Waals surface area contributed by atoms with E-state index < -0.39 is 0 Å². The van der Waals surface area contributed by atoms with Gasteiger partial charge >= 0.3 is 0 Å². The summed E-state index contributed by atoms with van der Waals surface area (Å²) in [5, 5.41) is 9.35. The quantitative estimate of drug-likeness (QED) is 0.408. The molecule has 156 valence electrons. The van der Waals surface area contributed by atoms with Crippen LogP contribution in [-0.2, 0) is 19.5 Å². The predicted molar refractivity (Wildman–Crippen MR) is 125 cm³/mol. The molecule has 0 aliphatic carbocycles. The number of nitrogens with zero attached hydrogens (tertiary/aromatic N) is 4. The van der Waals surface area contributed by atoms with E-state index in [9.17, 15) is 0 Å². The van der Waals surface area contributed by atoms with Crippen LogP contribution in [0.15, 0.2) is 78.9 Å². The van der Waals surface area contributed by atoms with Gasteiger partial charge in [-0.3, -0.25) is 4.90 Å². The first kappa shape index (κ1) is 19.7. The minimum Gasteiger partial charge on any atom is -0.286 e. The van der Waals surface area contributed by atoms with Crippen molar-refractivity contribution < 1.29 is 0 Å². The van der Waals surface area contributed by atoms with Crippen LogP contribution in [0.5, 0.6) is 0 Å². The number of hydrogen-bond acceptors (Lipinski definition) is 3. The van der Waals surface area contributed by atoms with E-state index in [0.717, 1.165) is 42.9 Å². The zero-order valence-electron chi connectivity index (χ0n) is 18.2. The van der Waals surface area contributed by atoms with Gasteiger partial charge in [-0.1, -0.05) is 91.9 Å². The number of aromatic nitrogens is 3. The van der Waals surface area contributed by atoms with Gasteiger partial charge < -0.3 is 0 Å². The van der Waals surface area contributed by atoms with Crippen molar-refractivity contribution in [2.45, 2.75) is 45.8 Å². The SMILES string of the molecule is CCc1ccc(-c2nnn3c2C(CC)N(Cc2ccccc2)Cc2ccccc2-3)cc1. The molecule has 0 radical (unpaired) electrons. The van der Waals surface area contributed by atoms with Crippen LogP contribution in [0.3, 0.4) is 0 Å². The van der Waals surface area contributed by atoms with Crippen molar-refractivity contribution >= 4 is 0 Å². The fraction of sp³-hybridized carbons (Fsp3) is 0.259. The molecule has 1 aromatic heterocycles. The molecule has 5 rings (SSSR count). The van der Waals surface area contributed by atoms with Gasteiger partial charge in [-0.2, -0.15) is 0 Å². The van der Waals surface area contributed by atoms with Gasteiger partial charge in [-0.15, -0.1) is 5.10 Å². The van der Waals surface area contributed by atoms with Crippen LogP contribution in [0.2, 0.25) is 0 Å². The van der Waals surface area contributed by atoms with Crippen LogP contribution in [-0.4, -0.2) is 19.9 Å². The Morgan fingerprint density at radius 2 is 1.58 bits per heavy atom. The van der Waals surface area contributed by atoms with Crippen molar-refractivity contribution in [3.63, 3.8) is 0 Å². The largest absolute Gasteiger partial charge is 0.286 e. The molecule has 0 fully saturated rings. The van der Waals surface area contributed by atoms with Crippen LogP contribution < -0.4 is 0 Å². The highest BCUT2D eigenvalue weighted by Crippen LogP contribution is 2.38. The number of para-hydroxylation sites is 1. The van der Waals surface area contributed by atoms with Crippen LogP contribution in [0.25, 0.3) is 16.9 Å². The maximum absolute atomic E-state index is 4.69. The van der Waals surface area contributed by atoms with Gasteiger partial charge in [0.25, 0.3) is 0 Å². The van der Waals surface area contributed by atoms with Crippen molar-refractivity contribution in [1.29, 1.82) is 0 Å². The standard InChI is InChI=1S/C27H28N4/c1-3-20-14-16-22(17-15-20)26-27-24(4-2)30(18-21-10-6-5-7-11-21)19-23-12-8-9-13-25(23)31(27)29-28-26/h5-17,24H,3-4,18-19H2,1-2H3. The molecule has 0 spiro atoms. The minimum absolute atomic E-state index is 0.225. The zero-order valence-corrected chi connectivity index (χ0v) is 18.2. The molecule has 3 aromatic carbocycles. The number of fused-ring (bicyclic) bond motifs is 3. The predicted octanol–water partition coefficient (Wildman–Crippen LogP) is 5.96. The van der Waals surface area contributed by atoms with Crippen molar-refractivity contribution in [1.82, 2.24) is 19.9 Å². The van der Waals surface area contributed by atoms with E-state index in [1.807, 2.05) is 0 Å². The van der Waals surface area contributed by atoms with Gasteiger partial charge in [0.15, 0.2) is 0 Å². The molecule has 0 saturated heterocycles. The molecule has 1 aliphatic rings. The molecule has 2 heterocycles. The molecular weight excluding hydrogens is 380 g/mol. The third-order valence-corrected chi connectivity index (χ3v) is 6.31. The number of rotatable bonds is 5. The Labute approximate surface area is 184 Å². The van der Waals surface area contributed by atoms with E-state index in [1.54, 1.807) is 0 Å². The molecule has 0 amide bonds. The van der Waals surface area contributed by atoms with Gasteiger partial charge in [0, 0.05) is 18.7 Å². The first-order valence-corrected chi connectivity index (χ1v) is 11.2. The second-order valence-corrected chi connectivity index (χ2v) is 8.23. The fourth-order valence-electron chi connectivity index (χ4n) is 4.66. The lowest BCUT2D eigenvalue weighted by Gasteiger charge is -2.29. The van der Waals surface area contributed by atoms with E-state index >= 15 is 0 Å². The molecule has 0 N–H and O–H groups in total. The summed E-state index contributed by atoms with van der Waals surface area (Å²) >= 11 is 0. The smallest absolute Gasteiger partial charge is 0.118 e. The van der Waals surface area contributed by atoms with E-state index in [1.165, 1.54) is 22.4 Å². The third-order valence-electron chi connectivity index (χ3n) is 6.31. The van der Waals surface area contributed by atoms with Crippen molar-refractivity contribution in [2.24, 2.45) is 0 Å². The average molecular weight is 409 g/mol. The number of hydrogen-bond donors (Lipinski definition) is 0. The van der Waals surface area contributed by atoms with Crippen molar-refractivity contribution in [3.8, 4) is 16.9 Å². The highest BCUT2D eigenvalue weighted by atomic mass is 15.5. The second kappa shape index (κ2) is 8.48. The molecule has 1 atom stereocenters. The monoisotopic (exact) mass is 408 g/mol. The molecule has 0 saturated carbocycles. The molecule has 1 aliphatic heterocycles. The summed E-state index contributed by atoms with van der Waals surface area (Å²) in [6, 6.07) is 28.3. The average Bonchev–Trinajstić information content (AvgIpc) is 3.20. The summed E-state index contributed by atoms with van der Waals surface area (Å²) in [6.07, 6.45) is 2.03. The Bertz CT molecular complexity index is 1160. The van der Waals surface area contributed by atoms with Crippen LogP contribution in [0, 0.1) is 0 Å². The molecular formula is C27H28N4. The van der Waals surface area contributed by atoms with Gasteiger partial charge in [-0.05, 0) is 35.6 Å². The molecule has 4 heteroatoms. The van der Waals surface area contributed by atoms with Crippen LogP contribution >= 0.6 is 0 Å². The van der Waals surface area contributed by atoms with E-state index in [4.69, 9.17) is 5.10 Å². The van der Waals surface area contributed by atoms with Crippen molar-refractivity contribution in [2.75, 3.05) is 0 Å². The number of benzene rings is 3. The topological polar surface area (TPSA) is 34.0 Å². The summed E-state index contributed by atoms with van der Waals surface area (Å²) in [5.74, 6) is 0. The van der Waals surface area contributed by atoms with E-state index in [2.05, 4.69) is 108 Å². The summed E-state index contributed by atoms with van der Waals surface area (Å²) in [7, 11) is 0.